The van der Waals surface area contributed by atoms with Crippen molar-refractivity contribution in [3.05, 3.63) is 45.7 Å². The van der Waals surface area contributed by atoms with E-state index < -0.39 is 0 Å². The second kappa shape index (κ2) is 10.1. The molecule has 26 heavy (non-hydrogen) atoms. The van der Waals surface area contributed by atoms with Crippen LogP contribution in [0.2, 0.25) is 0 Å². The van der Waals surface area contributed by atoms with E-state index >= 15 is 0 Å². The van der Waals surface area contributed by atoms with Gasteiger partial charge in [-0.25, -0.2) is 14.4 Å². The topological polar surface area (TPSA) is 58.5 Å². The van der Waals surface area contributed by atoms with Gasteiger partial charge in [0, 0.05) is 24.4 Å². The molecule has 142 valence electrons. The van der Waals surface area contributed by atoms with Crippen LogP contribution >= 0.6 is 11.3 Å². The van der Waals surface area contributed by atoms with Crippen molar-refractivity contribution in [3.63, 3.8) is 0 Å². The van der Waals surface area contributed by atoms with Crippen molar-refractivity contribution in [2.45, 2.75) is 40.2 Å². The first-order valence-corrected chi connectivity index (χ1v) is 9.67. The van der Waals surface area contributed by atoms with E-state index in [0.29, 0.717) is 12.3 Å². The predicted molar refractivity (Wildman–Crippen MR) is 106 cm³/mol. The van der Waals surface area contributed by atoms with Crippen LogP contribution in [0.1, 0.15) is 29.4 Å². The second-order valence-electron chi connectivity index (χ2n) is 6.03. The highest BCUT2D eigenvalue weighted by atomic mass is 32.1. The molecule has 0 bridgehead atoms. The van der Waals surface area contributed by atoms with Crippen LogP contribution in [-0.4, -0.2) is 36.7 Å². The van der Waals surface area contributed by atoms with Gasteiger partial charge in [-0.15, -0.1) is 11.3 Å². The lowest BCUT2D eigenvalue weighted by Crippen LogP contribution is -2.39. The van der Waals surface area contributed by atoms with Crippen LogP contribution in [-0.2, 0) is 6.42 Å². The van der Waals surface area contributed by atoms with E-state index in [1.54, 1.807) is 23.5 Å². The molecular weight excluding hydrogens is 351 g/mol. The van der Waals surface area contributed by atoms with Crippen molar-refractivity contribution in [1.29, 1.82) is 0 Å². The fraction of sp³-hybridized carbons (Fsp3) is 0.474. The third kappa shape index (κ3) is 6.63. The number of hydrogen-bond acceptors (Lipinski definition) is 4. The zero-order valence-electron chi connectivity index (χ0n) is 15.8. The molecule has 0 spiro atoms. The molecular formula is C19H27FN4OS. The zero-order chi connectivity index (χ0) is 18.9. The monoisotopic (exact) mass is 378 g/mol. The highest BCUT2D eigenvalue weighted by molar-refractivity contribution is 7.11. The number of benzene rings is 1. The maximum atomic E-state index is 12.9. The molecule has 1 aromatic carbocycles. The maximum Gasteiger partial charge on any atom is 0.191 e. The molecule has 0 aliphatic carbocycles. The Kier molecular flexibility index (Phi) is 7.84. The third-order valence-electron chi connectivity index (χ3n) is 3.71. The SMILES string of the molecule is CCNC(=NCC(C)Oc1ccc(F)cc1)NCCc1nc(C)c(C)s1. The zero-order valence-corrected chi connectivity index (χ0v) is 16.6. The molecule has 2 rings (SSSR count). The van der Waals surface area contributed by atoms with Crippen LogP contribution in [0, 0.1) is 19.7 Å². The van der Waals surface area contributed by atoms with Crippen LogP contribution < -0.4 is 15.4 Å². The lowest BCUT2D eigenvalue weighted by Gasteiger charge is -2.15. The molecule has 0 aliphatic heterocycles. The third-order valence-corrected chi connectivity index (χ3v) is 4.84. The number of aryl methyl sites for hydroxylation is 2. The van der Waals surface area contributed by atoms with E-state index in [1.807, 2.05) is 20.8 Å². The van der Waals surface area contributed by atoms with Gasteiger partial charge in [0.15, 0.2) is 5.96 Å². The lowest BCUT2D eigenvalue weighted by atomic mass is 10.3. The van der Waals surface area contributed by atoms with Crippen LogP contribution in [0.25, 0.3) is 0 Å². The molecule has 5 nitrogen and oxygen atoms in total. The van der Waals surface area contributed by atoms with E-state index in [9.17, 15) is 4.39 Å². The largest absolute Gasteiger partial charge is 0.489 e. The Labute approximate surface area is 158 Å². The van der Waals surface area contributed by atoms with Gasteiger partial charge in [0.1, 0.15) is 17.7 Å². The molecule has 1 aromatic heterocycles. The summed E-state index contributed by atoms with van der Waals surface area (Å²) in [5.41, 5.74) is 1.11. The van der Waals surface area contributed by atoms with Crippen LogP contribution in [0.5, 0.6) is 5.75 Å². The van der Waals surface area contributed by atoms with Gasteiger partial charge < -0.3 is 15.4 Å². The summed E-state index contributed by atoms with van der Waals surface area (Å²) in [7, 11) is 0. The first kappa shape index (κ1) is 20.2. The van der Waals surface area contributed by atoms with Gasteiger partial charge in [-0.3, -0.25) is 0 Å². The highest BCUT2D eigenvalue weighted by Gasteiger charge is 2.06. The van der Waals surface area contributed by atoms with Crippen LogP contribution in [0.15, 0.2) is 29.3 Å². The van der Waals surface area contributed by atoms with Crippen molar-refractivity contribution >= 4 is 17.3 Å². The van der Waals surface area contributed by atoms with E-state index in [1.165, 1.54) is 17.0 Å². The van der Waals surface area contributed by atoms with Crippen molar-refractivity contribution in [2.24, 2.45) is 4.99 Å². The summed E-state index contributed by atoms with van der Waals surface area (Å²) in [6.07, 6.45) is 0.756. The first-order chi connectivity index (χ1) is 12.5. The molecule has 2 N–H and O–H groups in total. The fourth-order valence-corrected chi connectivity index (χ4v) is 3.21. The standard InChI is InChI=1S/C19H27FN4OS/c1-5-21-19(22-11-10-18-24-14(3)15(4)26-18)23-12-13(2)25-17-8-6-16(20)7-9-17/h6-9,13H,5,10-12H2,1-4H3,(H2,21,22,23). The van der Waals surface area contributed by atoms with Gasteiger partial charge in [-0.2, -0.15) is 0 Å². The summed E-state index contributed by atoms with van der Waals surface area (Å²) in [6, 6.07) is 6.02. The van der Waals surface area contributed by atoms with Crippen LogP contribution in [0.3, 0.4) is 0 Å². The number of thiazole rings is 1. The fourth-order valence-electron chi connectivity index (χ4n) is 2.28. The summed E-state index contributed by atoms with van der Waals surface area (Å²) >= 11 is 1.74. The average molecular weight is 379 g/mol. The van der Waals surface area contributed by atoms with E-state index in [4.69, 9.17) is 4.74 Å². The summed E-state index contributed by atoms with van der Waals surface area (Å²) in [4.78, 5) is 10.4. The molecule has 7 heteroatoms. The quantitative estimate of drug-likeness (QED) is 0.546. The molecule has 0 saturated heterocycles. The molecule has 0 saturated carbocycles. The number of ether oxygens (including phenoxy) is 1. The molecule has 0 radical (unpaired) electrons. The Morgan fingerprint density at radius 3 is 2.62 bits per heavy atom. The molecule has 0 fully saturated rings. The van der Waals surface area contributed by atoms with Crippen molar-refractivity contribution in [3.8, 4) is 5.75 Å². The van der Waals surface area contributed by atoms with Crippen molar-refractivity contribution in [2.75, 3.05) is 19.6 Å². The summed E-state index contributed by atoms with van der Waals surface area (Å²) in [6.45, 7) is 10.2. The minimum Gasteiger partial charge on any atom is -0.489 e. The average Bonchev–Trinajstić information content (AvgIpc) is 2.92. The number of aliphatic imine (C=N–C) groups is 1. The van der Waals surface area contributed by atoms with Gasteiger partial charge in [-0.05, 0) is 52.0 Å². The number of halogens is 1. The Bertz CT molecular complexity index is 695. The molecule has 1 heterocycles. The van der Waals surface area contributed by atoms with Gasteiger partial charge in [0.2, 0.25) is 0 Å². The number of hydrogen-bond donors (Lipinski definition) is 2. The Hall–Kier alpha value is -2.15. The number of nitrogens with zero attached hydrogens (tertiary/aromatic N) is 2. The molecule has 0 amide bonds. The maximum absolute atomic E-state index is 12.9. The minimum atomic E-state index is -0.271. The Balaban J connectivity index is 1.81. The van der Waals surface area contributed by atoms with E-state index in [2.05, 4.69) is 27.5 Å². The van der Waals surface area contributed by atoms with Gasteiger partial charge in [-0.1, -0.05) is 0 Å². The summed E-state index contributed by atoms with van der Waals surface area (Å²) < 4.78 is 18.7. The number of nitrogens with one attached hydrogen (secondary N) is 2. The Morgan fingerprint density at radius 2 is 2.00 bits per heavy atom. The normalized spacial score (nSPS) is 12.7. The van der Waals surface area contributed by atoms with Gasteiger partial charge in [0.25, 0.3) is 0 Å². The predicted octanol–water partition coefficient (Wildman–Crippen LogP) is 3.46. The van der Waals surface area contributed by atoms with Gasteiger partial charge >= 0.3 is 0 Å². The lowest BCUT2D eigenvalue weighted by molar-refractivity contribution is 0.230. The Morgan fingerprint density at radius 1 is 1.27 bits per heavy atom. The molecule has 1 unspecified atom stereocenters. The highest BCUT2D eigenvalue weighted by Crippen LogP contribution is 2.16. The van der Waals surface area contributed by atoms with Crippen molar-refractivity contribution < 1.29 is 9.13 Å². The van der Waals surface area contributed by atoms with Crippen LogP contribution in [0.4, 0.5) is 4.39 Å². The van der Waals surface area contributed by atoms with Gasteiger partial charge in [0.05, 0.1) is 17.2 Å². The summed E-state index contributed by atoms with van der Waals surface area (Å²) in [5.74, 6) is 1.13. The number of guanidine groups is 1. The molecule has 1 atom stereocenters. The van der Waals surface area contributed by atoms with E-state index in [0.717, 1.165) is 36.2 Å². The minimum absolute atomic E-state index is 0.111. The number of aromatic nitrogens is 1. The van der Waals surface area contributed by atoms with E-state index in [-0.39, 0.29) is 11.9 Å². The smallest absolute Gasteiger partial charge is 0.191 e. The van der Waals surface area contributed by atoms with Crippen molar-refractivity contribution in [1.82, 2.24) is 15.6 Å². The molecule has 2 aromatic rings. The number of rotatable bonds is 8. The molecule has 0 aliphatic rings. The first-order valence-electron chi connectivity index (χ1n) is 8.85. The summed E-state index contributed by atoms with van der Waals surface area (Å²) in [5, 5.41) is 7.69. The second-order valence-corrected chi connectivity index (χ2v) is 7.32.